The van der Waals surface area contributed by atoms with E-state index in [0.717, 1.165) is 40.8 Å². The summed E-state index contributed by atoms with van der Waals surface area (Å²) in [6.45, 7) is 0.0127. The van der Waals surface area contributed by atoms with Crippen LogP contribution >= 0.6 is 0 Å². The Morgan fingerprint density at radius 2 is 1.79 bits per heavy atom. The van der Waals surface area contributed by atoms with E-state index in [1.807, 2.05) is 66.7 Å². The van der Waals surface area contributed by atoms with E-state index in [1.165, 1.54) is 5.56 Å². The van der Waals surface area contributed by atoms with Crippen molar-refractivity contribution >= 4 is 16.7 Å². The first-order valence-electron chi connectivity index (χ1n) is 12.8. The van der Waals surface area contributed by atoms with Crippen LogP contribution in [0.5, 0.6) is 5.75 Å². The number of nitrogens with one attached hydrogen (secondary N) is 1. The minimum absolute atomic E-state index is 0.00329. The Balaban J connectivity index is 1.31. The number of carbonyl (C=O) groups is 1. The lowest BCUT2D eigenvalue weighted by Crippen LogP contribution is -2.29. The molecule has 0 aliphatic heterocycles. The molecule has 2 aromatic carbocycles. The molecule has 0 aliphatic rings. The summed E-state index contributed by atoms with van der Waals surface area (Å²) in [5.74, 6) is 0.817. The van der Waals surface area contributed by atoms with Gasteiger partial charge < -0.3 is 9.72 Å². The summed E-state index contributed by atoms with van der Waals surface area (Å²) in [5, 5.41) is 1.02. The van der Waals surface area contributed by atoms with Crippen LogP contribution in [0.3, 0.4) is 0 Å². The van der Waals surface area contributed by atoms with E-state index in [0.29, 0.717) is 30.7 Å². The Morgan fingerprint density at radius 3 is 2.55 bits per heavy atom. The number of pyridine rings is 1. The number of hydrogen-bond acceptors (Lipinski definition) is 5. The van der Waals surface area contributed by atoms with Crippen LogP contribution in [0.1, 0.15) is 29.8 Å². The highest BCUT2D eigenvalue weighted by Gasteiger charge is 2.15. The zero-order valence-electron chi connectivity index (χ0n) is 21.4. The lowest BCUT2D eigenvalue weighted by molar-refractivity contribution is -0.119. The number of methoxy groups -OCH3 is 1. The molecule has 3 aromatic heterocycles. The number of aromatic amines is 1. The number of carbonyl (C=O) groups excluding carboxylic acids is 1. The summed E-state index contributed by atoms with van der Waals surface area (Å²) < 4.78 is 6.81. The Morgan fingerprint density at radius 1 is 0.974 bits per heavy atom. The van der Waals surface area contributed by atoms with E-state index >= 15 is 0 Å². The van der Waals surface area contributed by atoms with Gasteiger partial charge in [0, 0.05) is 35.4 Å². The van der Waals surface area contributed by atoms with Gasteiger partial charge in [0.1, 0.15) is 11.4 Å². The molecule has 0 saturated heterocycles. The Hall–Kier alpha value is -4.52. The minimum atomic E-state index is -0.203. The lowest BCUT2D eigenvalue weighted by Gasteiger charge is -2.14. The van der Waals surface area contributed by atoms with Gasteiger partial charge in [0.2, 0.25) is 0 Å². The van der Waals surface area contributed by atoms with Crippen molar-refractivity contribution in [3.63, 3.8) is 0 Å². The van der Waals surface area contributed by atoms with Crippen molar-refractivity contribution < 1.29 is 9.53 Å². The quantitative estimate of drug-likeness (QED) is 0.267. The van der Waals surface area contributed by atoms with Crippen LogP contribution in [-0.4, -0.2) is 32.4 Å². The zero-order chi connectivity index (χ0) is 26.3. The number of Topliss-reactive ketones (excluding diaryl/α,β-unsaturated/α-hetero) is 1. The van der Waals surface area contributed by atoms with Crippen molar-refractivity contribution in [1.82, 2.24) is 19.5 Å². The van der Waals surface area contributed by atoms with Crippen LogP contribution in [0.4, 0.5) is 0 Å². The highest BCUT2D eigenvalue weighted by atomic mass is 16.5. The third kappa shape index (κ3) is 5.89. The molecule has 1 N–H and O–H groups in total. The van der Waals surface area contributed by atoms with E-state index in [-0.39, 0.29) is 17.9 Å². The number of ether oxygens (including phenoxy) is 1. The number of nitrogens with zero attached hydrogens (tertiary/aromatic N) is 3. The van der Waals surface area contributed by atoms with Crippen LogP contribution < -0.4 is 10.3 Å². The first-order chi connectivity index (χ1) is 18.6. The Kier molecular flexibility index (Phi) is 7.73. The number of benzene rings is 2. The van der Waals surface area contributed by atoms with Gasteiger partial charge in [0.05, 0.1) is 25.5 Å². The van der Waals surface area contributed by atoms with Gasteiger partial charge in [-0.3, -0.25) is 24.1 Å². The maximum absolute atomic E-state index is 13.5. The van der Waals surface area contributed by atoms with Gasteiger partial charge in [-0.15, -0.1) is 0 Å². The van der Waals surface area contributed by atoms with Gasteiger partial charge in [-0.2, -0.15) is 0 Å². The van der Waals surface area contributed by atoms with Gasteiger partial charge >= 0.3 is 0 Å². The van der Waals surface area contributed by atoms with Crippen LogP contribution in [0.15, 0.2) is 90.1 Å². The third-order valence-corrected chi connectivity index (χ3v) is 6.72. The fraction of sp³-hybridized carbons (Fsp3) is 0.226. The molecule has 0 unspecified atom stereocenters. The molecule has 5 rings (SSSR count). The molecule has 7 nitrogen and oxygen atoms in total. The molecule has 0 radical (unpaired) electrons. The number of aromatic nitrogens is 4. The molecule has 5 aromatic rings. The fourth-order valence-electron chi connectivity index (χ4n) is 4.65. The minimum Gasteiger partial charge on any atom is -0.497 e. The van der Waals surface area contributed by atoms with E-state index in [9.17, 15) is 9.59 Å². The number of aryl methyl sites for hydroxylation is 3. The summed E-state index contributed by atoms with van der Waals surface area (Å²) in [4.78, 5) is 38.6. The highest BCUT2D eigenvalue weighted by Crippen LogP contribution is 2.19. The largest absolute Gasteiger partial charge is 0.497 e. The summed E-state index contributed by atoms with van der Waals surface area (Å²) in [7, 11) is 1.65. The van der Waals surface area contributed by atoms with Gasteiger partial charge in [-0.25, -0.2) is 0 Å². The summed E-state index contributed by atoms with van der Waals surface area (Å²) in [6.07, 6.45) is 8.31. The molecule has 38 heavy (non-hydrogen) atoms. The SMILES string of the molecule is COc1ccc(CCCc2ncc(-c3ccccc3)n(CC(=O)CCc3cc4cnccc4[nH]3)c2=O)cc1. The van der Waals surface area contributed by atoms with E-state index in [1.54, 1.807) is 30.3 Å². The predicted octanol–water partition coefficient (Wildman–Crippen LogP) is 5.17. The highest BCUT2D eigenvalue weighted by molar-refractivity contribution is 5.81. The number of fused-ring (bicyclic) bond motifs is 1. The zero-order valence-corrected chi connectivity index (χ0v) is 21.4. The molecular weight excluding hydrogens is 476 g/mol. The molecular formula is C31H30N4O3. The maximum Gasteiger partial charge on any atom is 0.273 e. The van der Waals surface area contributed by atoms with Crippen molar-refractivity contribution in [2.45, 2.75) is 38.6 Å². The normalized spacial score (nSPS) is 11.1. The third-order valence-electron chi connectivity index (χ3n) is 6.72. The number of ketones is 1. The predicted molar refractivity (Wildman–Crippen MR) is 148 cm³/mol. The van der Waals surface area contributed by atoms with E-state index in [4.69, 9.17) is 4.74 Å². The summed E-state index contributed by atoms with van der Waals surface area (Å²) in [6, 6.07) is 21.5. The van der Waals surface area contributed by atoms with Crippen LogP contribution in [0.2, 0.25) is 0 Å². The van der Waals surface area contributed by atoms with Crippen LogP contribution in [-0.2, 0) is 30.6 Å². The van der Waals surface area contributed by atoms with Crippen LogP contribution in [0, 0.1) is 0 Å². The van der Waals surface area contributed by atoms with Crippen molar-refractivity contribution in [2.24, 2.45) is 0 Å². The summed E-state index contributed by atoms with van der Waals surface area (Å²) >= 11 is 0. The standard InChI is InChI=1S/C31H30N4O3/c1-38-27-14-10-22(11-15-27)6-5-9-29-31(37)35(30(20-33-29)23-7-3-2-4-8-23)21-26(36)13-12-25-18-24-19-32-17-16-28(24)34-25/h2-4,7-8,10-11,14-20,34H,5-6,9,12-13,21H2,1H3. The molecule has 192 valence electrons. The van der Waals surface area contributed by atoms with Crippen molar-refractivity contribution in [2.75, 3.05) is 7.11 Å². The van der Waals surface area contributed by atoms with Gasteiger partial charge in [0.25, 0.3) is 5.56 Å². The molecule has 3 heterocycles. The summed E-state index contributed by atoms with van der Waals surface area (Å²) in [5.41, 5.74) is 4.94. The molecule has 0 fully saturated rings. The Labute approximate surface area is 221 Å². The second kappa shape index (κ2) is 11.7. The topological polar surface area (TPSA) is 89.9 Å². The number of rotatable bonds is 11. The number of H-pyrrole nitrogens is 1. The second-order valence-electron chi connectivity index (χ2n) is 9.35. The first-order valence-corrected chi connectivity index (χ1v) is 12.8. The maximum atomic E-state index is 13.5. The molecule has 0 atom stereocenters. The molecule has 0 bridgehead atoms. The molecule has 0 amide bonds. The van der Waals surface area contributed by atoms with E-state index < -0.39 is 0 Å². The smallest absolute Gasteiger partial charge is 0.273 e. The average Bonchev–Trinajstić information content (AvgIpc) is 3.38. The number of hydrogen-bond donors (Lipinski definition) is 1. The van der Waals surface area contributed by atoms with Crippen molar-refractivity contribution in [1.29, 1.82) is 0 Å². The van der Waals surface area contributed by atoms with E-state index in [2.05, 4.69) is 15.0 Å². The van der Waals surface area contributed by atoms with Crippen molar-refractivity contribution in [3.05, 3.63) is 113 Å². The second-order valence-corrected chi connectivity index (χ2v) is 9.35. The molecule has 0 spiro atoms. The van der Waals surface area contributed by atoms with Gasteiger partial charge in [-0.1, -0.05) is 42.5 Å². The molecule has 0 saturated carbocycles. The fourth-order valence-corrected chi connectivity index (χ4v) is 4.65. The van der Waals surface area contributed by atoms with Gasteiger partial charge in [-0.05, 0) is 61.1 Å². The monoisotopic (exact) mass is 506 g/mol. The average molecular weight is 507 g/mol. The van der Waals surface area contributed by atoms with Crippen molar-refractivity contribution in [3.8, 4) is 17.0 Å². The molecule has 7 heteroatoms. The Bertz CT molecular complexity index is 1550. The van der Waals surface area contributed by atoms with Crippen LogP contribution in [0.25, 0.3) is 22.2 Å². The lowest BCUT2D eigenvalue weighted by atomic mass is 10.1. The van der Waals surface area contributed by atoms with Gasteiger partial charge in [0.15, 0.2) is 5.78 Å². The molecule has 0 aliphatic carbocycles. The first kappa shape index (κ1) is 25.1.